The van der Waals surface area contributed by atoms with E-state index in [0.29, 0.717) is 17.3 Å². The van der Waals surface area contributed by atoms with Crippen molar-refractivity contribution in [1.29, 1.82) is 5.26 Å². The van der Waals surface area contributed by atoms with Crippen LogP contribution in [0.3, 0.4) is 0 Å². The number of methoxy groups -OCH3 is 1. The number of nitrogens with one attached hydrogen (secondary N) is 2. The Morgan fingerprint density at radius 1 is 1.09 bits per heavy atom. The van der Waals surface area contributed by atoms with Gasteiger partial charge in [0.2, 0.25) is 0 Å². The van der Waals surface area contributed by atoms with E-state index in [0.717, 1.165) is 34.1 Å². The van der Waals surface area contributed by atoms with Crippen molar-refractivity contribution in [1.82, 2.24) is 4.98 Å². The number of hydrogen-bond donors (Lipinski definition) is 2. The Hall–Kier alpha value is -3.09. The van der Waals surface area contributed by atoms with Gasteiger partial charge in [0.1, 0.15) is 10.6 Å². The Balaban J connectivity index is 1.62. The highest BCUT2D eigenvalue weighted by Gasteiger charge is 2.23. The summed E-state index contributed by atoms with van der Waals surface area (Å²) in [6.45, 7) is 1.94. The van der Waals surface area contributed by atoms with E-state index >= 15 is 0 Å². The van der Waals surface area contributed by atoms with Crippen LogP contribution >= 0.6 is 11.3 Å². The monoisotopic (exact) mass is 496 g/mol. The SMILES string of the molecule is COc1ccc(-c2sc(NC3CCCCCC3)nc2C)cc1S(=O)(=O)Nc1ccc(C#N)cc1. The topological polar surface area (TPSA) is 104 Å². The summed E-state index contributed by atoms with van der Waals surface area (Å²) in [5, 5.41) is 13.4. The van der Waals surface area contributed by atoms with Crippen LogP contribution in [-0.4, -0.2) is 26.6 Å². The highest BCUT2D eigenvalue weighted by molar-refractivity contribution is 7.92. The van der Waals surface area contributed by atoms with Gasteiger partial charge < -0.3 is 10.1 Å². The molecule has 0 atom stereocenters. The summed E-state index contributed by atoms with van der Waals surface area (Å²) >= 11 is 1.55. The molecule has 1 aliphatic rings. The molecule has 2 N–H and O–H groups in total. The first-order valence-electron chi connectivity index (χ1n) is 11.3. The second-order valence-corrected chi connectivity index (χ2v) is 11.1. The summed E-state index contributed by atoms with van der Waals surface area (Å²) in [4.78, 5) is 5.68. The van der Waals surface area contributed by atoms with Crippen molar-refractivity contribution >= 4 is 32.2 Å². The minimum atomic E-state index is -3.93. The third-order valence-electron chi connectivity index (χ3n) is 5.96. The van der Waals surface area contributed by atoms with Gasteiger partial charge in [0.05, 0.1) is 29.3 Å². The van der Waals surface area contributed by atoms with Crippen LogP contribution in [0.25, 0.3) is 10.4 Å². The van der Waals surface area contributed by atoms with Gasteiger partial charge >= 0.3 is 0 Å². The number of ether oxygens (including phenoxy) is 1. The highest BCUT2D eigenvalue weighted by Crippen LogP contribution is 2.37. The molecule has 1 aliphatic carbocycles. The number of nitriles is 1. The van der Waals surface area contributed by atoms with Crippen LogP contribution < -0.4 is 14.8 Å². The maximum Gasteiger partial charge on any atom is 0.265 e. The molecule has 1 heterocycles. The molecule has 0 unspecified atom stereocenters. The number of sulfonamides is 1. The molecule has 9 heteroatoms. The fraction of sp³-hybridized carbons (Fsp3) is 0.360. The molecule has 1 saturated carbocycles. The van der Waals surface area contributed by atoms with E-state index in [2.05, 4.69) is 10.0 Å². The maximum atomic E-state index is 13.2. The zero-order valence-corrected chi connectivity index (χ0v) is 20.9. The molecule has 0 saturated heterocycles. The zero-order valence-electron chi connectivity index (χ0n) is 19.3. The third-order valence-corrected chi connectivity index (χ3v) is 8.50. The van der Waals surface area contributed by atoms with Crippen molar-refractivity contribution in [3.05, 3.63) is 53.7 Å². The number of hydrogen-bond acceptors (Lipinski definition) is 7. The summed E-state index contributed by atoms with van der Waals surface area (Å²) in [5.74, 6) is 0.254. The molecule has 3 aromatic rings. The predicted molar refractivity (Wildman–Crippen MR) is 136 cm³/mol. The number of aromatic nitrogens is 1. The quantitative estimate of drug-likeness (QED) is 0.393. The van der Waals surface area contributed by atoms with E-state index in [4.69, 9.17) is 15.0 Å². The van der Waals surface area contributed by atoms with Gasteiger partial charge in [0, 0.05) is 11.7 Å². The lowest BCUT2D eigenvalue weighted by Crippen LogP contribution is -2.17. The van der Waals surface area contributed by atoms with Gasteiger partial charge in [-0.3, -0.25) is 4.72 Å². The molecule has 0 bridgehead atoms. The molecule has 0 aliphatic heterocycles. The molecule has 178 valence electrons. The predicted octanol–water partition coefficient (Wildman–Crippen LogP) is 5.93. The summed E-state index contributed by atoms with van der Waals surface area (Å²) in [6.07, 6.45) is 7.36. The van der Waals surface area contributed by atoms with Crippen LogP contribution in [0.15, 0.2) is 47.4 Å². The van der Waals surface area contributed by atoms with Crippen molar-refractivity contribution in [3.8, 4) is 22.3 Å². The summed E-state index contributed by atoms with van der Waals surface area (Å²) in [5.41, 5.74) is 2.45. The Morgan fingerprint density at radius 3 is 2.44 bits per heavy atom. The standard InChI is InChI=1S/C25H28N4O3S2/c1-17-24(33-25(27-17)28-20-7-5-3-4-6-8-20)19-11-14-22(32-2)23(15-19)34(30,31)29-21-12-9-18(16-26)10-13-21/h9-15,20,29H,3-8H2,1-2H3,(H,27,28). The van der Waals surface area contributed by atoms with Crippen molar-refractivity contribution in [2.24, 2.45) is 0 Å². The Morgan fingerprint density at radius 2 is 1.79 bits per heavy atom. The molecular formula is C25H28N4O3S2. The first kappa shape index (κ1) is 24.0. The molecule has 4 rings (SSSR count). The van der Waals surface area contributed by atoms with Crippen molar-refractivity contribution in [2.45, 2.75) is 56.4 Å². The van der Waals surface area contributed by atoms with Gasteiger partial charge in [0.25, 0.3) is 10.0 Å². The van der Waals surface area contributed by atoms with Crippen LogP contribution in [0.5, 0.6) is 5.75 Å². The van der Waals surface area contributed by atoms with Gasteiger partial charge in [-0.05, 0) is 67.8 Å². The summed E-state index contributed by atoms with van der Waals surface area (Å²) < 4.78 is 34.4. The minimum absolute atomic E-state index is 0.0444. The van der Waals surface area contributed by atoms with Crippen molar-refractivity contribution in [2.75, 3.05) is 17.1 Å². The third kappa shape index (κ3) is 5.51. The van der Waals surface area contributed by atoms with E-state index in [1.165, 1.54) is 32.8 Å². The fourth-order valence-electron chi connectivity index (χ4n) is 4.18. The second-order valence-electron chi connectivity index (χ2n) is 8.43. The van der Waals surface area contributed by atoms with Crippen molar-refractivity contribution in [3.63, 3.8) is 0 Å². The number of rotatable bonds is 7. The normalized spacial score (nSPS) is 14.7. The average molecular weight is 497 g/mol. The van der Waals surface area contributed by atoms with Crippen molar-refractivity contribution < 1.29 is 13.2 Å². The lowest BCUT2D eigenvalue weighted by atomic mass is 10.1. The lowest BCUT2D eigenvalue weighted by molar-refractivity contribution is 0.403. The van der Waals surface area contributed by atoms with Crippen LogP contribution in [0.1, 0.15) is 49.8 Å². The first-order valence-corrected chi connectivity index (χ1v) is 13.6. The molecule has 1 fully saturated rings. The average Bonchev–Trinajstić information content (AvgIpc) is 3.02. The number of nitrogens with zero attached hydrogens (tertiary/aromatic N) is 2. The Labute approximate surface area is 204 Å². The van der Waals surface area contributed by atoms with Gasteiger partial charge in [-0.25, -0.2) is 13.4 Å². The van der Waals surface area contributed by atoms with E-state index in [-0.39, 0.29) is 10.6 Å². The molecule has 1 aromatic heterocycles. The lowest BCUT2D eigenvalue weighted by Gasteiger charge is -2.14. The highest BCUT2D eigenvalue weighted by atomic mass is 32.2. The molecule has 34 heavy (non-hydrogen) atoms. The second kappa shape index (κ2) is 10.5. The van der Waals surface area contributed by atoms with Gasteiger partial charge in [-0.1, -0.05) is 37.0 Å². The molecule has 0 radical (unpaired) electrons. The van der Waals surface area contributed by atoms with E-state index in [1.807, 2.05) is 19.1 Å². The largest absolute Gasteiger partial charge is 0.495 e. The van der Waals surface area contributed by atoms with E-state index in [9.17, 15) is 8.42 Å². The summed E-state index contributed by atoms with van der Waals surface area (Å²) in [7, 11) is -2.48. The smallest absolute Gasteiger partial charge is 0.265 e. The zero-order chi connectivity index (χ0) is 24.1. The Bertz CT molecular complexity index is 1290. The van der Waals surface area contributed by atoms with E-state index < -0.39 is 10.0 Å². The van der Waals surface area contributed by atoms with Crippen LogP contribution in [-0.2, 0) is 10.0 Å². The molecule has 0 spiro atoms. The van der Waals surface area contributed by atoms with E-state index in [1.54, 1.807) is 47.7 Å². The first-order chi connectivity index (χ1) is 16.4. The number of aryl methyl sites for hydroxylation is 1. The minimum Gasteiger partial charge on any atom is -0.495 e. The van der Waals surface area contributed by atoms with Crippen LogP contribution in [0.2, 0.25) is 0 Å². The molecule has 7 nitrogen and oxygen atoms in total. The van der Waals surface area contributed by atoms with Crippen LogP contribution in [0.4, 0.5) is 10.8 Å². The number of benzene rings is 2. The number of thiazole rings is 1. The fourth-order valence-corrected chi connectivity index (χ4v) is 6.47. The van der Waals surface area contributed by atoms with Crippen LogP contribution in [0, 0.1) is 18.3 Å². The Kier molecular flexibility index (Phi) is 7.39. The number of anilines is 2. The van der Waals surface area contributed by atoms with Gasteiger partial charge in [0.15, 0.2) is 5.13 Å². The molecule has 2 aromatic carbocycles. The molecular weight excluding hydrogens is 468 g/mol. The van der Waals surface area contributed by atoms with Gasteiger partial charge in [-0.15, -0.1) is 0 Å². The molecule has 0 amide bonds. The van der Waals surface area contributed by atoms with Gasteiger partial charge in [-0.2, -0.15) is 5.26 Å². The maximum absolute atomic E-state index is 13.2. The summed E-state index contributed by atoms with van der Waals surface area (Å²) in [6, 6.07) is 13.9.